The molecule has 1 saturated carbocycles. The van der Waals surface area contributed by atoms with E-state index in [2.05, 4.69) is 19.7 Å². The zero-order valence-corrected chi connectivity index (χ0v) is 16.1. The molecule has 5 nitrogen and oxygen atoms in total. The minimum atomic E-state index is 0.247. The van der Waals surface area contributed by atoms with Crippen molar-refractivity contribution in [2.24, 2.45) is 0 Å². The van der Waals surface area contributed by atoms with Crippen LogP contribution in [-0.2, 0) is 6.54 Å². The van der Waals surface area contributed by atoms with E-state index in [0.717, 1.165) is 54.5 Å². The first-order chi connectivity index (χ1) is 13.2. The van der Waals surface area contributed by atoms with Crippen molar-refractivity contribution >= 4 is 11.6 Å². The molecule has 0 spiro atoms. The molecule has 1 aromatic carbocycles. The van der Waals surface area contributed by atoms with E-state index in [4.69, 9.17) is 16.3 Å². The molecular weight excluding hydrogens is 360 g/mol. The molecule has 1 fully saturated rings. The average Bonchev–Trinajstić information content (AvgIpc) is 3.14. The zero-order valence-electron chi connectivity index (χ0n) is 15.4. The van der Waals surface area contributed by atoms with Crippen LogP contribution in [0.5, 0.6) is 5.75 Å². The van der Waals surface area contributed by atoms with Gasteiger partial charge in [0.2, 0.25) is 0 Å². The highest BCUT2D eigenvalue weighted by Gasteiger charge is 2.27. The fourth-order valence-electron chi connectivity index (χ4n) is 3.70. The summed E-state index contributed by atoms with van der Waals surface area (Å²) in [4.78, 5) is 4.30. The Morgan fingerprint density at radius 3 is 2.63 bits per heavy atom. The second-order valence-electron chi connectivity index (χ2n) is 7.12. The Morgan fingerprint density at radius 2 is 1.89 bits per heavy atom. The predicted molar refractivity (Wildman–Crippen MR) is 105 cm³/mol. The zero-order chi connectivity index (χ0) is 18.6. The number of nitrogens with zero attached hydrogens (tertiary/aromatic N) is 4. The van der Waals surface area contributed by atoms with Crippen LogP contribution in [0.4, 0.5) is 0 Å². The summed E-state index contributed by atoms with van der Waals surface area (Å²) in [6.07, 6.45) is 8.03. The summed E-state index contributed by atoms with van der Waals surface area (Å²) in [6.45, 7) is 2.75. The molecule has 3 aromatic rings. The summed E-state index contributed by atoms with van der Waals surface area (Å²) >= 11 is 5.98. The Morgan fingerprint density at radius 1 is 1.11 bits per heavy atom. The van der Waals surface area contributed by atoms with Crippen LogP contribution in [-0.4, -0.2) is 25.9 Å². The number of benzene rings is 1. The summed E-state index contributed by atoms with van der Waals surface area (Å²) in [5.74, 6) is 2.39. The Labute approximate surface area is 164 Å². The molecule has 4 rings (SSSR count). The molecule has 6 heteroatoms. The maximum atomic E-state index is 6.17. The summed E-state index contributed by atoms with van der Waals surface area (Å²) < 4.78 is 8.32. The van der Waals surface area contributed by atoms with E-state index in [-0.39, 0.29) is 6.10 Å². The first-order valence-electron chi connectivity index (χ1n) is 9.39. The first kappa shape index (κ1) is 18.0. The molecule has 0 amide bonds. The molecular formula is C21H23ClN4O. The highest BCUT2D eigenvalue weighted by atomic mass is 35.5. The van der Waals surface area contributed by atoms with Gasteiger partial charge in [-0.25, -0.2) is 0 Å². The van der Waals surface area contributed by atoms with E-state index < -0.39 is 0 Å². The van der Waals surface area contributed by atoms with Crippen LogP contribution in [0.25, 0.3) is 0 Å². The molecule has 2 aromatic heterocycles. The van der Waals surface area contributed by atoms with Crippen LogP contribution in [0.1, 0.15) is 48.7 Å². The highest BCUT2D eigenvalue weighted by Crippen LogP contribution is 2.34. The van der Waals surface area contributed by atoms with Gasteiger partial charge in [-0.2, -0.15) is 0 Å². The van der Waals surface area contributed by atoms with E-state index >= 15 is 0 Å². The molecule has 1 aliphatic carbocycles. The molecule has 0 atom stereocenters. The van der Waals surface area contributed by atoms with E-state index in [1.807, 2.05) is 49.6 Å². The quantitative estimate of drug-likeness (QED) is 0.636. The predicted octanol–water partition coefficient (Wildman–Crippen LogP) is 4.79. The number of halogens is 1. The van der Waals surface area contributed by atoms with Crippen LogP contribution in [0.2, 0.25) is 5.02 Å². The van der Waals surface area contributed by atoms with Gasteiger partial charge in [-0.1, -0.05) is 23.7 Å². The van der Waals surface area contributed by atoms with Crippen molar-refractivity contribution in [3.05, 3.63) is 71.0 Å². The molecule has 1 aliphatic rings. The molecule has 140 valence electrons. The van der Waals surface area contributed by atoms with E-state index in [0.29, 0.717) is 5.92 Å². The van der Waals surface area contributed by atoms with E-state index in [1.54, 1.807) is 6.20 Å². The van der Waals surface area contributed by atoms with Crippen molar-refractivity contribution in [2.75, 3.05) is 0 Å². The summed E-state index contributed by atoms with van der Waals surface area (Å²) in [5.41, 5.74) is 2.15. The third-order valence-electron chi connectivity index (χ3n) is 5.20. The van der Waals surface area contributed by atoms with Gasteiger partial charge in [0.05, 0.1) is 18.3 Å². The average molecular weight is 383 g/mol. The lowest BCUT2D eigenvalue weighted by atomic mass is 9.86. The summed E-state index contributed by atoms with van der Waals surface area (Å²) in [6, 6.07) is 11.9. The van der Waals surface area contributed by atoms with Gasteiger partial charge in [-0.3, -0.25) is 4.98 Å². The Hall–Kier alpha value is -2.40. The van der Waals surface area contributed by atoms with E-state index in [9.17, 15) is 0 Å². The third kappa shape index (κ3) is 4.30. The van der Waals surface area contributed by atoms with Crippen LogP contribution >= 0.6 is 11.6 Å². The van der Waals surface area contributed by atoms with Gasteiger partial charge < -0.3 is 9.30 Å². The second kappa shape index (κ2) is 8.09. The van der Waals surface area contributed by atoms with Gasteiger partial charge in [-0.15, -0.1) is 10.2 Å². The number of aromatic nitrogens is 4. The number of rotatable bonds is 5. The van der Waals surface area contributed by atoms with Crippen LogP contribution in [0, 0.1) is 6.92 Å². The number of pyridine rings is 1. The number of hydrogen-bond donors (Lipinski definition) is 0. The fourth-order valence-corrected chi connectivity index (χ4v) is 3.83. The van der Waals surface area contributed by atoms with Crippen molar-refractivity contribution in [3.63, 3.8) is 0 Å². The number of ether oxygens (including phenoxy) is 1. The molecule has 0 saturated heterocycles. The van der Waals surface area contributed by atoms with Crippen LogP contribution in [0.15, 0.2) is 48.9 Å². The topological polar surface area (TPSA) is 52.8 Å². The first-order valence-corrected chi connectivity index (χ1v) is 9.77. The smallest absolute Gasteiger partial charge is 0.140 e. The molecule has 0 N–H and O–H groups in total. The minimum Gasteiger partial charge on any atom is -0.489 e. The number of hydrogen-bond acceptors (Lipinski definition) is 4. The Bertz CT molecular complexity index is 885. The second-order valence-corrected chi connectivity index (χ2v) is 7.56. The van der Waals surface area contributed by atoms with Crippen molar-refractivity contribution in [1.82, 2.24) is 19.7 Å². The van der Waals surface area contributed by atoms with Crippen LogP contribution in [0.3, 0.4) is 0 Å². The monoisotopic (exact) mass is 382 g/mol. The lowest BCUT2D eigenvalue weighted by molar-refractivity contribution is 0.143. The van der Waals surface area contributed by atoms with Gasteiger partial charge in [-0.05, 0) is 62.4 Å². The lowest BCUT2D eigenvalue weighted by Crippen LogP contribution is -2.25. The SMILES string of the molecule is Cc1ncccc1OC1CCC(c2nncn2Cc2ccc(Cl)cc2)CC1. The molecule has 0 radical (unpaired) electrons. The number of aryl methyl sites for hydroxylation is 1. The Kier molecular flexibility index (Phi) is 5.39. The molecule has 2 heterocycles. The summed E-state index contributed by atoms with van der Waals surface area (Å²) in [5, 5.41) is 9.32. The van der Waals surface area contributed by atoms with Gasteiger partial charge in [0, 0.05) is 17.1 Å². The van der Waals surface area contributed by atoms with Crippen molar-refractivity contribution < 1.29 is 4.74 Å². The Balaban J connectivity index is 1.38. The maximum absolute atomic E-state index is 6.17. The molecule has 0 aliphatic heterocycles. The highest BCUT2D eigenvalue weighted by molar-refractivity contribution is 6.30. The minimum absolute atomic E-state index is 0.247. The van der Waals surface area contributed by atoms with Crippen molar-refractivity contribution in [2.45, 2.75) is 51.2 Å². The standard InChI is InChI=1S/C21H23ClN4O/c1-15-20(3-2-12-23-15)27-19-10-6-17(7-11-19)21-25-24-14-26(21)13-16-4-8-18(22)9-5-16/h2-5,8-9,12,14,17,19H,6-7,10-11,13H2,1H3. The third-order valence-corrected chi connectivity index (χ3v) is 5.46. The fraction of sp³-hybridized carbons (Fsp3) is 0.381. The summed E-state index contributed by atoms with van der Waals surface area (Å²) in [7, 11) is 0. The van der Waals surface area contributed by atoms with Crippen molar-refractivity contribution in [1.29, 1.82) is 0 Å². The molecule has 0 bridgehead atoms. The van der Waals surface area contributed by atoms with Crippen LogP contribution < -0.4 is 4.74 Å². The van der Waals surface area contributed by atoms with Gasteiger partial charge in [0.15, 0.2) is 0 Å². The molecule has 0 unspecified atom stereocenters. The molecule has 27 heavy (non-hydrogen) atoms. The van der Waals surface area contributed by atoms with Gasteiger partial charge >= 0.3 is 0 Å². The van der Waals surface area contributed by atoms with E-state index in [1.165, 1.54) is 5.56 Å². The van der Waals surface area contributed by atoms with Gasteiger partial charge in [0.1, 0.15) is 17.9 Å². The largest absolute Gasteiger partial charge is 0.489 e. The normalized spacial score (nSPS) is 19.8. The van der Waals surface area contributed by atoms with Gasteiger partial charge in [0.25, 0.3) is 0 Å². The maximum Gasteiger partial charge on any atom is 0.140 e. The lowest BCUT2D eigenvalue weighted by Gasteiger charge is -2.29. The van der Waals surface area contributed by atoms with Crippen molar-refractivity contribution in [3.8, 4) is 5.75 Å².